The summed E-state index contributed by atoms with van der Waals surface area (Å²) in [4.78, 5) is 4.51. The number of pyridine rings is 1. The van der Waals surface area contributed by atoms with Gasteiger partial charge in [0.1, 0.15) is 11.4 Å². The van der Waals surface area contributed by atoms with Crippen molar-refractivity contribution in [2.45, 2.75) is 32.4 Å². The Morgan fingerprint density at radius 2 is 2.15 bits per heavy atom. The number of rotatable bonds is 5. The summed E-state index contributed by atoms with van der Waals surface area (Å²) < 4.78 is 5.45. The van der Waals surface area contributed by atoms with Gasteiger partial charge in [-0.05, 0) is 43.5 Å². The average Bonchev–Trinajstić information content (AvgIpc) is 3.30. The Balaban J connectivity index is 1.98. The lowest BCUT2D eigenvalue weighted by Gasteiger charge is -2.13. The predicted octanol–water partition coefficient (Wildman–Crippen LogP) is 3.32. The van der Waals surface area contributed by atoms with E-state index in [9.17, 15) is 0 Å². The number of benzene rings is 1. The Morgan fingerprint density at radius 1 is 1.30 bits per heavy atom. The Bertz CT molecular complexity index is 606. The molecule has 1 aliphatic rings. The van der Waals surface area contributed by atoms with Crippen LogP contribution in [-0.2, 0) is 6.54 Å². The lowest BCUT2D eigenvalue weighted by atomic mass is 10.0. The van der Waals surface area contributed by atoms with E-state index in [2.05, 4.69) is 35.4 Å². The summed E-state index contributed by atoms with van der Waals surface area (Å²) in [7, 11) is 1.69. The van der Waals surface area contributed by atoms with Crippen molar-refractivity contribution in [3.8, 4) is 17.0 Å². The Morgan fingerprint density at radius 3 is 2.90 bits per heavy atom. The Kier molecular flexibility index (Phi) is 3.70. The molecule has 0 atom stereocenters. The molecule has 0 aliphatic heterocycles. The standard InChI is InChI=1S/C17H20N2O/c1-12-5-6-13(11-19-14-7-8-14)15(10-12)17-16(20-2)4-3-9-18-17/h3-6,9-10,14,19H,7-8,11H2,1-2H3. The summed E-state index contributed by atoms with van der Waals surface area (Å²) >= 11 is 0. The van der Waals surface area contributed by atoms with Crippen molar-refractivity contribution >= 4 is 0 Å². The highest BCUT2D eigenvalue weighted by Gasteiger charge is 2.21. The van der Waals surface area contributed by atoms with Crippen molar-refractivity contribution in [2.24, 2.45) is 0 Å². The van der Waals surface area contributed by atoms with Crippen LogP contribution in [0.2, 0.25) is 0 Å². The zero-order chi connectivity index (χ0) is 13.9. The highest BCUT2D eigenvalue weighted by molar-refractivity contribution is 5.70. The van der Waals surface area contributed by atoms with Gasteiger partial charge in [0.25, 0.3) is 0 Å². The van der Waals surface area contributed by atoms with Gasteiger partial charge in [-0.15, -0.1) is 0 Å². The number of aryl methyl sites for hydroxylation is 1. The fourth-order valence-electron chi connectivity index (χ4n) is 2.36. The number of hydrogen-bond donors (Lipinski definition) is 1. The maximum atomic E-state index is 5.45. The maximum Gasteiger partial charge on any atom is 0.145 e. The smallest absolute Gasteiger partial charge is 0.145 e. The average molecular weight is 268 g/mol. The van der Waals surface area contributed by atoms with Crippen LogP contribution in [0.5, 0.6) is 5.75 Å². The number of hydrogen-bond acceptors (Lipinski definition) is 3. The molecule has 1 aromatic carbocycles. The van der Waals surface area contributed by atoms with E-state index in [4.69, 9.17) is 4.74 Å². The second kappa shape index (κ2) is 5.63. The van der Waals surface area contributed by atoms with Crippen molar-refractivity contribution in [3.05, 3.63) is 47.7 Å². The highest BCUT2D eigenvalue weighted by atomic mass is 16.5. The molecular formula is C17H20N2O. The van der Waals surface area contributed by atoms with Gasteiger partial charge in [0.15, 0.2) is 0 Å². The van der Waals surface area contributed by atoms with Crippen LogP contribution in [0.15, 0.2) is 36.5 Å². The highest BCUT2D eigenvalue weighted by Crippen LogP contribution is 2.31. The van der Waals surface area contributed by atoms with Crippen molar-refractivity contribution in [1.29, 1.82) is 0 Å². The molecule has 1 fully saturated rings. The Labute approximate surface area is 120 Å². The predicted molar refractivity (Wildman–Crippen MR) is 80.8 cm³/mol. The van der Waals surface area contributed by atoms with Crippen LogP contribution in [0, 0.1) is 6.92 Å². The van der Waals surface area contributed by atoms with Crippen molar-refractivity contribution < 1.29 is 4.74 Å². The van der Waals surface area contributed by atoms with Gasteiger partial charge in [-0.2, -0.15) is 0 Å². The van der Waals surface area contributed by atoms with E-state index in [0.29, 0.717) is 6.04 Å². The molecule has 1 saturated carbocycles. The van der Waals surface area contributed by atoms with Crippen LogP contribution >= 0.6 is 0 Å². The molecule has 1 heterocycles. The molecule has 0 radical (unpaired) electrons. The zero-order valence-corrected chi connectivity index (χ0v) is 12.0. The minimum absolute atomic E-state index is 0.704. The second-order valence-electron chi connectivity index (χ2n) is 5.37. The quantitative estimate of drug-likeness (QED) is 0.903. The number of aromatic nitrogens is 1. The molecule has 3 nitrogen and oxygen atoms in total. The SMILES string of the molecule is COc1cccnc1-c1cc(C)ccc1CNC1CC1. The summed E-state index contributed by atoms with van der Waals surface area (Å²) in [5.41, 5.74) is 4.60. The lowest BCUT2D eigenvalue weighted by Crippen LogP contribution is -2.16. The van der Waals surface area contributed by atoms with Gasteiger partial charge in [0, 0.05) is 24.3 Å². The Hall–Kier alpha value is -1.87. The fourth-order valence-corrected chi connectivity index (χ4v) is 2.36. The second-order valence-corrected chi connectivity index (χ2v) is 5.37. The fraction of sp³-hybridized carbons (Fsp3) is 0.353. The zero-order valence-electron chi connectivity index (χ0n) is 12.0. The van der Waals surface area contributed by atoms with Gasteiger partial charge >= 0.3 is 0 Å². The van der Waals surface area contributed by atoms with Gasteiger partial charge in [-0.3, -0.25) is 4.98 Å². The molecule has 3 rings (SSSR count). The number of nitrogens with one attached hydrogen (secondary N) is 1. The first kappa shape index (κ1) is 13.1. The third-order valence-electron chi connectivity index (χ3n) is 3.67. The molecule has 0 bridgehead atoms. The summed E-state index contributed by atoms with van der Waals surface area (Å²) in [6.07, 6.45) is 4.42. The molecule has 0 amide bonds. The first-order valence-corrected chi connectivity index (χ1v) is 7.10. The van der Waals surface area contributed by atoms with Crippen LogP contribution in [0.25, 0.3) is 11.3 Å². The van der Waals surface area contributed by atoms with Crippen LogP contribution in [-0.4, -0.2) is 18.1 Å². The van der Waals surface area contributed by atoms with E-state index < -0.39 is 0 Å². The molecular weight excluding hydrogens is 248 g/mol. The molecule has 3 heteroatoms. The first-order chi connectivity index (χ1) is 9.78. The van der Waals surface area contributed by atoms with E-state index in [1.807, 2.05) is 18.3 Å². The lowest BCUT2D eigenvalue weighted by molar-refractivity contribution is 0.414. The van der Waals surface area contributed by atoms with Gasteiger partial charge in [-0.25, -0.2) is 0 Å². The molecule has 1 N–H and O–H groups in total. The molecule has 20 heavy (non-hydrogen) atoms. The van der Waals surface area contributed by atoms with E-state index in [1.54, 1.807) is 7.11 Å². The van der Waals surface area contributed by atoms with E-state index in [0.717, 1.165) is 23.6 Å². The minimum atomic E-state index is 0.704. The molecule has 0 spiro atoms. The first-order valence-electron chi connectivity index (χ1n) is 7.10. The number of methoxy groups -OCH3 is 1. The third-order valence-corrected chi connectivity index (χ3v) is 3.67. The summed E-state index contributed by atoms with van der Waals surface area (Å²) in [5, 5.41) is 3.57. The normalized spacial score (nSPS) is 14.3. The van der Waals surface area contributed by atoms with Crippen LogP contribution in [0.3, 0.4) is 0 Å². The van der Waals surface area contributed by atoms with Crippen LogP contribution in [0.1, 0.15) is 24.0 Å². The maximum absolute atomic E-state index is 5.45. The minimum Gasteiger partial charge on any atom is -0.494 e. The molecule has 1 aromatic heterocycles. The van der Waals surface area contributed by atoms with E-state index in [-0.39, 0.29) is 0 Å². The van der Waals surface area contributed by atoms with Gasteiger partial charge < -0.3 is 10.1 Å². The molecule has 0 unspecified atom stereocenters. The summed E-state index contributed by atoms with van der Waals surface area (Å²) in [6.45, 7) is 3.00. The molecule has 2 aromatic rings. The van der Waals surface area contributed by atoms with Crippen molar-refractivity contribution in [2.75, 3.05) is 7.11 Å². The molecule has 1 aliphatic carbocycles. The third kappa shape index (κ3) is 2.83. The van der Waals surface area contributed by atoms with Gasteiger partial charge in [0.2, 0.25) is 0 Å². The van der Waals surface area contributed by atoms with E-state index >= 15 is 0 Å². The largest absolute Gasteiger partial charge is 0.494 e. The van der Waals surface area contributed by atoms with Crippen LogP contribution in [0.4, 0.5) is 0 Å². The number of ether oxygens (including phenoxy) is 1. The van der Waals surface area contributed by atoms with Gasteiger partial charge in [0.05, 0.1) is 7.11 Å². The van der Waals surface area contributed by atoms with Crippen LogP contribution < -0.4 is 10.1 Å². The molecule has 0 saturated heterocycles. The van der Waals surface area contributed by atoms with Crippen molar-refractivity contribution in [3.63, 3.8) is 0 Å². The number of nitrogens with zero attached hydrogens (tertiary/aromatic N) is 1. The molecule has 104 valence electrons. The van der Waals surface area contributed by atoms with E-state index in [1.165, 1.54) is 24.0 Å². The van der Waals surface area contributed by atoms with Crippen molar-refractivity contribution in [1.82, 2.24) is 10.3 Å². The monoisotopic (exact) mass is 268 g/mol. The topological polar surface area (TPSA) is 34.1 Å². The summed E-state index contributed by atoms with van der Waals surface area (Å²) in [5.74, 6) is 0.825. The van der Waals surface area contributed by atoms with Gasteiger partial charge in [-0.1, -0.05) is 17.7 Å². The summed E-state index contributed by atoms with van der Waals surface area (Å²) in [6, 6.07) is 11.1.